The van der Waals surface area contributed by atoms with Crippen molar-refractivity contribution in [2.24, 2.45) is 0 Å². The van der Waals surface area contributed by atoms with Crippen molar-refractivity contribution < 1.29 is 9.53 Å². The Balaban J connectivity index is 1.18. The van der Waals surface area contributed by atoms with Gasteiger partial charge < -0.3 is 19.9 Å². The average Bonchev–Trinajstić information content (AvgIpc) is 3.44. The number of hydrogen-bond donors (Lipinski definition) is 1. The van der Waals surface area contributed by atoms with Crippen LogP contribution < -0.4 is 15.0 Å². The number of anilines is 3. The largest absolute Gasteiger partial charge is 0.497 e. The van der Waals surface area contributed by atoms with E-state index in [9.17, 15) is 4.79 Å². The number of rotatable bonds is 5. The summed E-state index contributed by atoms with van der Waals surface area (Å²) in [5, 5.41) is 11.6. The van der Waals surface area contributed by atoms with E-state index in [1.807, 2.05) is 70.0 Å². The van der Waals surface area contributed by atoms with Gasteiger partial charge in [-0.2, -0.15) is 0 Å². The third-order valence-corrected chi connectivity index (χ3v) is 6.51. The molecule has 3 aromatic carbocycles. The minimum absolute atomic E-state index is 0.0205. The number of carbonyl (C=O) groups is 1. The van der Waals surface area contributed by atoms with Crippen LogP contribution in [-0.2, 0) is 0 Å². The molecule has 180 valence electrons. The Morgan fingerprint density at radius 3 is 2.56 bits per heavy atom. The van der Waals surface area contributed by atoms with Crippen LogP contribution in [0.5, 0.6) is 5.75 Å². The highest BCUT2D eigenvalue weighted by Crippen LogP contribution is 2.25. The number of aromatic nitrogens is 4. The molecule has 6 rings (SSSR count). The van der Waals surface area contributed by atoms with Gasteiger partial charge in [-0.25, -0.2) is 4.98 Å². The van der Waals surface area contributed by atoms with E-state index in [2.05, 4.69) is 32.5 Å². The minimum Gasteiger partial charge on any atom is -0.497 e. The molecule has 9 heteroatoms. The molecule has 0 aliphatic carbocycles. The van der Waals surface area contributed by atoms with Crippen LogP contribution in [0.1, 0.15) is 10.4 Å². The zero-order valence-electron chi connectivity index (χ0n) is 19.8. The van der Waals surface area contributed by atoms with Gasteiger partial charge in [-0.3, -0.25) is 9.20 Å². The van der Waals surface area contributed by atoms with Crippen LogP contribution in [0.2, 0.25) is 0 Å². The van der Waals surface area contributed by atoms with E-state index in [0.29, 0.717) is 30.1 Å². The van der Waals surface area contributed by atoms with Crippen molar-refractivity contribution in [2.45, 2.75) is 0 Å². The number of para-hydroxylation sites is 2. The molecule has 1 amide bonds. The molecule has 1 aliphatic rings. The van der Waals surface area contributed by atoms with Crippen LogP contribution in [0.3, 0.4) is 0 Å². The van der Waals surface area contributed by atoms with Crippen molar-refractivity contribution in [3.63, 3.8) is 0 Å². The molecule has 1 aliphatic heterocycles. The Bertz CT molecular complexity index is 1540. The molecule has 0 saturated carbocycles. The number of benzene rings is 3. The second-order valence-electron chi connectivity index (χ2n) is 8.66. The van der Waals surface area contributed by atoms with Gasteiger partial charge in [0.25, 0.3) is 5.91 Å². The first kappa shape index (κ1) is 21.8. The Morgan fingerprint density at radius 1 is 0.944 bits per heavy atom. The van der Waals surface area contributed by atoms with Crippen molar-refractivity contribution in [2.75, 3.05) is 43.5 Å². The SMILES string of the molecule is COc1ccc(N2CCN(C(=O)c3cccc(Nc4nc5ccccc5n5cnnc45)c3)CC2)cc1. The van der Waals surface area contributed by atoms with Crippen molar-refractivity contribution in [1.82, 2.24) is 24.5 Å². The van der Waals surface area contributed by atoms with E-state index < -0.39 is 0 Å². The van der Waals surface area contributed by atoms with Crippen LogP contribution >= 0.6 is 0 Å². The highest BCUT2D eigenvalue weighted by molar-refractivity contribution is 5.95. The Hall–Kier alpha value is -4.66. The average molecular weight is 480 g/mol. The van der Waals surface area contributed by atoms with Crippen molar-refractivity contribution in [3.05, 3.63) is 84.7 Å². The summed E-state index contributed by atoms with van der Waals surface area (Å²) in [6, 6.07) is 23.4. The van der Waals surface area contributed by atoms with Gasteiger partial charge in [-0.15, -0.1) is 10.2 Å². The van der Waals surface area contributed by atoms with Crippen molar-refractivity contribution in [3.8, 4) is 5.75 Å². The molecule has 0 atom stereocenters. The standard InChI is InChI=1S/C27H25N7O2/c1-36-22-11-9-21(10-12-22)32-13-15-33(16-14-32)27(35)19-5-4-6-20(17-19)29-25-26-31-28-18-34(26)24-8-3-2-7-23(24)30-25/h2-12,17-18H,13-16H2,1H3,(H,29,30). The quantitative estimate of drug-likeness (QED) is 0.408. The van der Waals surface area contributed by atoms with E-state index in [0.717, 1.165) is 41.2 Å². The van der Waals surface area contributed by atoms with Crippen LogP contribution in [-0.4, -0.2) is 63.7 Å². The summed E-state index contributed by atoms with van der Waals surface area (Å²) in [7, 11) is 1.66. The first-order valence-corrected chi connectivity index (χ1v) is 11.8. The van der Waals surface area contributed by atoms with E-state index in [-0.39, 0.29) is 5.91 Å². The zero-order valence-corrected chi connectivity index (χ0v) is 19.8. The van der Waals surface area contributed by atoms with Crippen LogP contribution in [0.4, 0.5) is 17.2 Å². The smallest absolute Gasteiger partial charge is 0.254 e. The molecule has 0 radical (unpaired) electrons. The molecular weight excluding hydrogens is 454 g/mol. The Labute approximate surface area is 208 Å². The summed E-state index contributed by atoms with van der Waals surface area (Å²) in [6.45, 7) is 2.88. The molecule has 1 saturated heterocycles. The highest BCUT2D eigenvalue weighted by atomic mass is 16.5. The lowest BCUT2D eigenvalue weighted by Gasteiger charge is -2.36. The van der Waals surface area contributed by atoms with Crippen molar-refractivity contribution >= 4 is 39.8 Å². The highest BCUT2D eigenvalue weighted by Gasteiger charge is 2.23. The fourth-order valence-corrected chi connectivity index (χ4v) is 4.60. The molecule has 3 heterocycles. The lowest BCUT2D eigenvalue weighted by Crippen LogP contribution is -2.48. The second kappa shape index (κ2) is 9.18. The maximum Gasteiger partial charge on any atom is 0.254 e. The summed E-state index contributed by atoms with van der Waals surface area (Å²) < 4.78 is 7.15. The zero-order chi connectivity index (χ0) is 24.5. The van der Waals surface area contributed by atoms with Gasteiger partial charge in [0, 0.05) is 43.1 Å². The van der Waals surface area contributed by atoms with Gasteiger partial charge in [0.15, 0.2) is 5.82 Å². The van der Waals surface area contributed by atoms with Gasteiger partial charge in [0.1, 0.15) is 12.1 Å². The number of fused-ring (bicyclic) bond motifs is 3. The molecule has 2 aromatic heterocycles. The third-order valence-electron chi connectivity index (χ3n) is 6.51. The van der Waals surface area contributed by atoms with Gasteiger partial charge in [-0.1, -0.05) is 18.2 Å². The first-order valence-electron chi connectivity index (χ1n) is 11.8. The van der Waals surface area contributed by atoms with Crippen molar-refractivity contribution in [1.29, 1.82) is 0 Å². The van der Waals surface area contributed by atoms with Gasteiger partial charge >= 0.3 is 0 Å². The molecular formula is C27H25N7O2. The summed E-state index contributed by atoms with van der Waals surface area (Å²) in [5.74, 6) is 1.45. The Kier molecular flexibility index (Phi) is 5.57. The number of nitrogens with one attached hydrogen (secondary N) is 1. The lowest BCUT2D eigenvalue weighted by atomic mass is 10.1. The fraction of sp³-hybridized carbons (Fsp3) is 0.185. The van der Waals surface area contributed by atoms with Crippen LogP contribution in [0.25, 0.3) is 16.7 Å². The number of amides is 1. The lowest BCUT2D eigenvalue weighted by molar-refractivity contribution is 0.0747. The molecule has 0 spiro atoms. The van der Waals surface area contributed by atoms with Gasteiger partial charge in [0.2, 0.25) is 5.65 Å². The summed E-state index contributed by atoms with van der Waals surface area (Å²) in [4.78, 5) is 22.2. The molecule has 1 fully saturated rings. The molecule has 0 unspecified atom stereocenters. The summed E-state index contributed by atoms with van der Waals surface area (Å²) >= 11 is 0. The molecule has 0 bridgehead atoms. The van der Waals surface area contributed by atoms with E-state index in [4.69, 9.17) is 9.72 Å². The maximum absolute atomic E-state index is 13.3. The topological polar surface area (TPSA) is 87.9 Å². The predicted molar refractivity (Wildman–Crippen MR) is 139 cm³/mol. The minimum atomic E-state index is 0.0205. The maximum atomic E-state index is 13.3. The van der Waals surface area contributed by atoms with Crippen LogP contribution in [0, 0.1) is 0 Å². The van der Waals surface area contributed by atoms with E-state index >= 15 is 0 Å². The Morgan fingerprint density at radius 2 is 1.75 bits per heavy atom. The number of carbonyl (C=O) groups excluding carboxylic acids is 1. The number of nitrogens with zero attached hydrogens (tertiary/aromatic N) is 6. The number of ether oxygens (including phenoxy) is 1. The molecule has 36 heavy (non-hydrogen) atoms. The number of piperazine rings is 1. The van der Waals surface area contributed by atoms with Crippen LogP contribution in [0.15, 0.2) is 79.1 Å². The predicted octanol–water partition coefficient (Wildman–Crippen LogP) is 3.99. The number of hydrogen-bond acceptors (Lipinski definition) is 7. The normalized spacial score (nSPS) is 13.8. The van der Waals surface area contributed by atoms with Gasteiger partial charge in [-0.05, 0) is 54.6 Å². The molecule has 1 N–H and O–H groups in total. The van der Waals surface area contributed by atoms with E-state index in [1.165, 1.54) is 0 Å². The fourth-order valence-electron chi connectivity index (χ4n) is 4.60. The second-order valence-corrected chi connectivity index (χ2v) is 8.66. The molecule has 5 aromatic rings. The van der Waals surface area contributed by atoms with E-state index in [1.54, 1.807) is 13.4 Å². The molecule has 9 nitrogen and oxygen atoms in total. The number of methoxy groups -OCH3 is 1. The summed E-state index contributed by atoms with van der Waals surface area (Å²) in [6.07, 6.45) is 1.68. The third kappa shape index (κ3) is 4.04. The summed E-state index contributed by atoms with van der Waals surface area (Å²) in [5.41, 5.74) is 4.92. The monoisotopic (exact) mass is 479 g/mol. The first-order chi connectivity index (χ1) is 17.7. The van der Waals surface area contributed by atoms with Gasteiger partial charge in [0.05, 0.1) is 18.1 Å².